The van der Waals surface area contributed by atoms with Crippen molar-refractivity contribution in [3.8, 4) is 0 Å². The molecule has 0 radical (unpaired) electrons. The van der Waals surface area contributed by atoms with Crippen LogP contribution in [0.15, 0.2) is 48.5 Å². The zero-order valence-electron chi connectivity index (χ0n) is 16.2. The molecule has 2 fully saturated rings. The quantitative estimate of drug-likeness (QED) is 0.695. The van der Waals surface area contributed by atoms with Gasteiger partial charge in [-0.1, -0.05) is 41.9 Å². The molecule has 8 heteroatoms. The predicted molar refractivity (Wildman–Crippen MR) is 107 cm³/mol. The number of carbonyl (C=O) groups excluding carboxylic acids is 2. The van der Waals surface area contributed by atoms with Crippen molar-refractivity contribution in [1.82, 2.24) is 4.90 Å². The Hall–Kier alpha value is -2.54. The summed E-state index contributed by atoms with van der Waals surface area (Å²) in [5.41, 5.74) is 0.0397. The molecule has 1 heterocycles. The molecule has 1 aliphatic carbocycles. The number of carbonyl (C=O) groups is 2. The third-order valence-corrected chi connectivity index (χ3v) is 6.23. The van der Waals surface area contributed by atoms with Gasteiger partial charge in [-0.05, 0) is 42.5 Å². The van der Waals surface area contributed by atoms with Crippen molar-refractivity contribution in [3.63, 3.8) is 0 Å². The molecule has 30 heavy (non-hydrogen) atoms. The van der Waals surface area contributed by atoms with E-state index in [1.165, 1.54) is 17.0 Å². The number of para-hydroxylation sites is 1. The molecule has 158 valence electrons. The molecule has 4 rings (SSSR count). The van der Waals surface area contributed by atoms with Gasteiger partial charge in [-0.2, -0.15) is 13.2 Å². The highest BCUT2D eigenvalue weighted by molar-refractivity contribution is 6.34. The van der Waals surface area contributed by atoms with Gasteiger partial charge in [0.1, 0.15) is 6.04 Å². The monoisotopic (exact) mass is 436 g/mol. The van der Waals surface area contributed by atoms with Gasteiger partial charge in [0, 0.05) is 19.5 Å². The van der Waals surface area contributed by atoms with Crippen LogP contribution in [0.25, 0.3) is 0 Å². The Morgan fingerprint density at radius 1 is 1.13 bits per heavy atom. The first kappa shape index (κ1) is 20.7. The topological polar surface area (TPSA) is 40.6 Å². The van der Waals surface area contributed by atoms with Crippen LogP contribution in [0.2, 0.25) is 5.02 Å². The number of halogens is 4. The predicted octanol–water partition coefficient (Wildman–Crippen LogP) is 4.73. The van der Waals surface area contributed by atoms with Crippen LogP contribution in [0.1, 0.15) is 29.9 Å². The number of alkyl halides is 3. The smallest absolute Gasteiger partial charge is 0.333 e. The zero-order chi connectivity index (χ0) is 21.6. The molecule has 2 aromatic carbocycles. The Balaban J connectivity index is 1.47. The molecular weight excluding hydrogens is 417 g/mol. The summed E-state index contributed by atoms with van der Waals surface area (Å²) in [7, 11) is 1.55. The van der Waals surface area contributed by atoms with E-state index in [9.17, 15) is 22.8 Å². The van der Waals surface area contributed by atoms with E-state index in [-0.39, 0.29) is 17.4 Å². The molecule has 0 spiro atoms. The van der Waals surface area contributed by atoms with E-state index in [4.69, 9.17) is 11.6 Å². The van der Waals surface area contributed by atoms with E-state index >= 15 is 0 Å². The van der Waals surface area contributed by atoms with Crippen LogP contribution < -0.4 is 4.90 Å². The molecular formula is C22H20ClF3N2O2. The van der Waals surface area contributed by atoms with Gasteiger partial charge in [-0.25, -0.2) is 0 Å². The lowest BCUT2D eigenvalue weighted by Crippen LogP contribution is -2.43. The lowest BCUT2D eigenvalue weighted by molar-refractivity contribution is -0.139. The van der Waals surface area contributed by atoms with Crippen molar-refractivity contribution in [2.75, 3.05) is 18.5 Å². The normalized spacial score (nSPS) is 23.6. The molecule has 2 aromatic rings. The summed E-state index contributed by atoms with van der Waals surface area (Å²) >= 11 is 6.19. The highest BCUT2D eigenvalue weighted by Gasteiger charge is 2.50. The first-order valence-electron chi connectivity index (χ1n) is 9.69. The number of nitrogens with zero attached hydrogens (tertiary/aromatic N) is 2. The molecule has 0 N–H and O–H groups in total. The fourth-order valence-corrected chi connectivity index (χ4v) is 4.48. The molecule has 0 aromatic heterocycles. The highest BCUT2D eigenvalue weighted by atomic mass is 35.5. The molecule has 3 unspecified atom stereocenters. The minimum atomic E-state index is -4.46. The number of benzene rings is 2. The van der Waals surface area contributed by atoms with E-state index in [1.807, 2.05) is 0 Å². The van der Waals surface area contributed by atoms with Gasteiger partial charge in [-0.15, -0.1) is 0 Å². The minimum absolute atomic E-state index is 0.146. The Morgan fingerprint density at radius 3 is 2.50 bits per heavy atom. The van der Waals surface area contributed by atoms with Crippen LogP contribution in [0.4, 0.5) is 18.9 Å². The third-order valence-electron chi connectivity index (χ3n) is 5.91. The molecule has 1 saturated heterocycles. The summed E-state index contributed by atoms with van der Waals surface area (Å²) < 4.78 is 39.9. The van der Waals surface area contributed by atoms with Crippen LogP contribution in [0, 0.1) is 5.92 Å². The maximum absolute atomic E-state index is 13.3. The van der Waals surface area contributed by atoms with E-state index in [0.717, 1.165) is 6.07 Å². The van der Waals surface area contributed by atoms with Crippen molar-refractivity contribution in [2.24, 2.45) is 5.92 Å². The maximum atomic E-state index is 13.3. The van der Waals surface area contributed by atoms with Crippen LogP contribution in [0.3, 0.4) is 0 Å². The number of amides is 2. The van der Waals surface area contributed by atoms with Gasteiger partial charge in [0.05, 0.1) is 16.3 Å². The number of hydrogen-bond donors (Lipinski definition) is 0. The Morgan fingerprint density at radius 2 is 1.80 bits per heavy atom. The molecule has 0 bridgehead atoms. The second-order valence-corrected chi connectivity index (χ2v) is 8.14. The number of rotatable bonds is 4. The van der Waals surface area contributed by atoms with Crippen molar-refractivity contribution in [3.05, 3.63) is 64.7 Å². The van der Waals surface area contributed by atoms with Crippen LogP contribution in [-0.2, 0) is 15.8 Å². The summed E-state index contributed by atoms with van der Waals surface area (Å²) in [6.45, 7) is 0.426. The van der Waals surface area contributed by atoms with Crippen LogP contribution in [0.5, 0.6) is 0 Å². The van der Waals surface area contributed by atoms with Gasteiger partial charge in [0.25, 0.3) is 0 Å². The first-order chi connectivity index (χ1) is 14.2. The van der Waals surface area contributed by atoms with Crippen molar-refractivity contribution in [1.29, 1.82) is 0 Å². The summed E-state index contributed by atoms with van der Waals surface area (Å²) in [5.74, 6) is -1.54. The van der Waals surface area contributed by atoms with Crippen molar-refractivity contribution < 1.29 is 22.8 Å². The fourth-order valence-electron chi connectivity index (χ4n) is 4.24. The SMILES string of the molecule is CN(C(=O)C1CC1c1ccccc1C(F)(F)F)C1CCN(c2ccccc2Cl)C1=O. The number of anilines is 1. The second kappa shape index (κ2) is 7.61. The molecule has 3 atom stereocenters. The van der Waals surface area contributed by atoms with Crippen LogP contribution in [-0.4, -0.2) is 36.3 Å². The largest absolute Gasteiger partial charge is 0.416 e. The molecule has 4 nitrogen and oxygen atoms in total. The average Bonchev–Trinajstić information content (AvgIpc) is 3.42. The van der Waals surface area contributed by atoms with Gasteiger partial charge in [0.2, 0.25) is 11.8 Å². The molecule has 2 aliphatic rings. The van der Waals surface area contributed by atoms with E-state index in [0.29, 0.717) is 30.1 Å². The van der Waals surface area contributed by atoms with Crippen LogP contribution >= 0.6 is 11.6 Å². The number of hydrogen-bond acceptors (Lipinski definition) is 2. The molecule has 2 amide bonds. The standard InChI is InChI=1S/C22H20ClF3N2O2/c1-27(19-10-11-28(21(19)30)18-9-5-4-8-17(18)23)20(29)15-12-14(15)13-6-2-3-7-16(13)22(24,25)26/h2-9,14-15,19H,10-12H2,1H3. The highest BCUT2D eigenvalue weighted by Crippen LogP contribution is 2.52. The molecule has 1 saturated carbocycles. The Labute approximate surface area is 177 Å². The summed E-state index contributed by atoms with van der Waals surface area (Å²) in [4.78, 5) is 28.8. The van der Waals surface area contributed by atoms with Gasteiger partial charge < -0.3 is 9.80 Å². The zero-order valence-corrected chi connectivity index (χ0v) is 17.0. The first-order valence-corrected chi connectivity index (χ1v) is 10.1. The van der Waals surface area contributed by atoms with Gasteiger partial charge in [0.15, 0.2) is 0 Å². The van der Waals surface area contributed by atoms with E-state index in [2.05, 4.69) is 0 Å². The van der Waals surface area contributed by atoms with E-state index in [1.54, 1.807) is 42.3 Å². The van der Waals surface area contributed by atoms with Gasteiger partial charge >= 0.3 is 6.18 Å². The van der Waals surface area contributed by atoms with Crippen molar-refractivity contribution in [2.45, 2.75) is 31.0 Å². The maximum Gasteiger partial charge on any atom is 0.416 e. The van der Waals surface area contributed by atoms with Gasteiger partial charge in [-0.3, -0.25) is 9.59 Å². The fraction of sp³-hybridized carbons (Fsp3) is 0.364. The minimum Gasteiger partial charge on any atom is -0.333 e. The lowest BCUT2D eigenvalue weighted by atomic mass is 10.0. The van der Waals surface area contributed by atoms with Crippen molar-refractivity contribution >= 4 is 29.1 Å². The average molecular weight is 437 g/mol. The third kappa shape index (κ3) is 3.67. The van der Waals surface area contributed by atoms with E-state index < -0.39 is 29.6 Å². The Kier molecular flexibility index (Phi) is 5.26. The number of likely N-dealkylation sites (N-methyl/N-ethyl adjacent to an activating group) is 1. The molecule has 1 aliphatic heterocycles. The summed E-state index contributed by atoms with van der Waals surface area (Å²) in [5, 5.41) is 0.450. The second-order valence-electron chi connectivity index (χ2n) is 7.73. The summed E-state index contributed by atoms with van der Waals surface area (Å²) in [6.07, 6.45) is -3.66. The lowest BCUT2D eigenvalue weighted by Gasteiger charge is -2.25. The summed E-state index contributed by atoms with van der Waals surface area (Å²) in [6, 6.07) is 11.7. The Bertz CT molecular complexity index is 994.